The zero-order chi connectivity index (χ0) is 14.2. The van der Waals surface area contributed by atoms with Gasteiger partial charge in [-0.2, -0.15) is 0 Å². The van der Waals surface area contributed by atoms with Crippen LogP contribution in [0.3, 0.4) is 0 Å². The number of nitrogens with two attached hydrogens (primary N) is 1. The van der Waals surface area contributed by atoms with Crippen LogP contribution in [0.2, 0.25) is 0 Å². The van der Waals surface area contributed by atoms with Crippen LogP contribution in [0.15, 0.2) is 53.5 Å². The summed E-state index contributed by atoms with van der Waals surface area (Å²) in [6.45, 7) is 2.23. The zero-order valence-corrected chi connectivity index (χ0v) is 12.0. The minimum Gasteiger partial charge on any atom is -0.399 e. The number of hydrogen-bond acceptors (Lipinski definition) is 2. The van der Waals surface area contributed by atoms with Gasteiger partial charge in [0.1, 0.15) is 0 Å². The van der Waals surface area contributed by atoms with Crippen LogP contribution >= 0.6 is 0 Å². The lowest BCUT2D eigenvalue weighted by Gasteiger charge is -2.01. The van der Waals surface area contributed by atoms with Crippen molar-refractivity contribution >= 4 is 17.6 Å². The maximum absolute atomic E-state index is 5.65. The number of hydrogen-bond donors (Lipinski definition) is 1. The predicted octanol–water partition coefficient (Wildman–Crippen LogP) is 4.75. The van der Waals surface area contributed by atoms with Gasteiger partial charge in [0.2, 0.25) is 0 Å². The van der Waals surface area contributed by atoms with E-state index in [1.165, 1.54) is 31.2 Å². The fraction of sp³-hybridized carbons (Fsp3) is 0.278. The highest BCUT2D eigenvalue weighted by Crippen LogP contribution is 2.14. The molecular formula is C18H22N2. The summed E-state index contributed by atoms with van der Waals surface area (Å²) in [5, 5.41) is 0. The summed E-state index contributed by atoms with van der Waals surface area (Å²) < 4.78 is 0. The Morgan fingerprint density at radius 2 is 1.65 bits per heavy atom. The number of unbranched alkanes of at least 4 members (excludes halogenated alkanes) is 2. The van der Waals surface area contributed by atoms with E-state index in [1.807, 2.05) is 30.5 Å². The van der Waals surface area contributed by atoms with E-state index in [1.54, 1.807) is 0 Å². The first-order chi connectivity index (χ1) is 9.78. The summed E-state index contributed by atoms with van der Waals surface area (Å²) in [4.78, 5) is 4.44. The van der Waals surface area contributed by atoms with Gasteiger partial charge >= 0.3 is 0 Å². The monoisotopic (exact) mass is 266 g/mol. The first-order valence-electron chi connectivity index (χ1n) is 7.26. The summed E-state index contributed by atoms with van der Waals surface area (Å²) in [7, 11) is 0. The molecule has 2 nitrogen and oxygen atoms in total. The van der Waals surface area contributed by atoms with Crippen molar-refractivity contribution in [1.82, 2.24) is 0 Å². The molecule has 0 saturated carbocycles. The van der Waals surface area contributed by atoms with Crippen molar-refractivity contribution in [2.75, 3.05) is 5.73 Å². The van der Waals surface area contributed by atoms with E-state index in [-0.39, 0.29) is 0 Å². The molecule has 0 radical (unpaired) electrons. The van der Waals surface area contributed by atoms with Crippen molar-refractivity contribution in [3.05, 3.63) is 59.7 Å². The van der Waals surface area contributed by atoms with Gasteiger partial charge in [0.05, 0.1) is 5.69 Å². The van der Waals surface area contributed by atoms with Gasteiger partial charge in [-0.3, -0.25) is 4.99 Å². The molecule has 0 spiro atoms. The Kier molecular flexibility index (Phi) is 5.36. The maximum atomic E-state index is 5.65. The summed E-state index contributed by atoms with van der Waals surface area (Å²) in [5.74, 6) is 0. The van der Waals surface area contributed by atoms with Crippen LogP contribution in [0.4, 0.5) is 11.4 Å². The topological polar surface area (TPSA) is 38.4 Å². The highest BCUT2D eigenvalue weighted by molar-refractivity contribution is 5.82. The molecule has 0 atom stereocenters. The molecule has 104 valence electrons. The van der Waals surface area contributed by atoms with E-state index < -0.39 is 0 Å². The molecule has 2 aromatic carbocycles. The highest BCUT2D eigenvalue weighted by atomic mass is 14.7. The van der Waals surface area contributed by atoms with Gasteiger partial charge < -0.3 is 5.73 Å². The first-order valence-corrected chi connectivity index (χ1v) is 7.26. The van der Waals surface area contributed by atoms with Gasteiger partial charge in [0.15, 0.2) is 0 Å². The molecule has 0 aliphatic heterocycles. The standard InChI is InChI=1S/C18H22N2/c1-2-3-4-5-15-6-8-16(9-7-15)14-20-18-12-10-17(19)11-13-18/h6-14H,2-5,19H2,1H3. The second-order valence-electron chi connectivity index (χ2n) is 5.05. The molecule has 0 heterocycles. The second-order valence-corrected chi connectivity index (χ2v) is 5.05. The van der Waals surface area contributed by atoms with Crippen LogP contribution in [0.5, 0.6) is 0 Å². The van der Waals surface area contributed by atoms with Gasteiger partial charge in [-0.25, -0.2) is 0 Å². The minimum atomic E-state index is 0.764. The predicted molar refractivity (Wildman–Crippen MR) is 87.8 cm³/mol. The minimum absolute atomic E-state index is 0.764. The number of aryl methyl sites for hydroxylation is 1. The van der Waals surface area contributed by atoms with Crippen LogP contribution in [0, 0.1) is 0 Å². The normalized spacial score (nSPS) is 11.1. The number of nitrogens with zero attached hydrogens (tertiary/aromatic N) is 1. The Labute approximate surface area is 121 Å². The summed E-state index contributed by atoms with van der Waals surface area (Å²) in [6, 6.07) is 16.2. The average molecular weight is 266 g/mol. The Balaban J connectivity index is 1.94. The number of aliphatic imine (C=N–C) groups is 1. The second kappa shape index (κ2) is 7.49. The summed E-state index contributed by atoms with van der Waals surface area (Å²) >= 11 is 0. The molecule has 0 fully saturated rings. The molecule has 0 aliphatic rings. The fourth-order valence-corrected chi connectivity index (χ4v) is 2.06. The third-order valence-corrected chi connectivity index (χ3v) is 3.30. The van der Waals surface area contributed by atoms with Crippen LogP contribution < -0.4 is 5.73 Å². The van der Waals surface area contributed by atoms with E-state index in [2.05, 4.69) is 36.2 Å². The van der Waals surface area contributed by atoms with E-state index in [9.17, 15) is 0 Å². The number of benzene rings is 2. The molecule has 20 heavy (non-hydrogen) atoms. The third-order valence-electron chi connectivity index (χ3n) is 3.30. The van der Waals surface area contributed by atoms with Crippen molar-refractivity contribution in [3.8, 4) is 0 Å². The van der Waals surface area contributed by atoms with Crippen molar-refractivity contribution < 1.29 is 0 Å². The van der Waals surface area contributed by atoms with Crippen LogP contribution in [-0.2, 0) is 6.42 Å². The molecule has 0 amide bonds. The molecule has 2 heteroatoms. The lowest BCUT2D eigenvalue weighted by Crippen LogP contribution is -1.87. The first kappa shape index (κ1) is 14.3. The molecule has 0 saturated heterocycles. The summed E-state index contributed by atoms with van der Waals surface area (Å²) in [6.07, 6.45) is 6.91. The highest BCUT2D eigenvalue weighted by Gasteiger charge is 1.94. The van der Waals surface area contributed by atoms with Gasteiger partial charge in [-0.05, 0) is 48.2 Å². The van der Waals surface area contributed by atoms with Gasteiger partial charge in [-0.15, -0.1) is 0 Å². The van der Waals surface area contributed by atoms with E-state index in [4.69, 9.17) is 5.73 Å². The van der Waals surface area contributed by atoms with Crippen molar-refractivity contribution in [2.24, 2.45) is 4.99 Å². The van der Waals surface area contributed by atoms with Crippen molar-refractivity contribution in [2.45, 2.75) is 32.6 Å². The Hall–Kier alpha value is -2.09. The van der Waals surface area contributed by atoms with Crippen LogP contribution in [-0.4, -0.2) is 6.21 Å². The summed E-state index contributed by atoms with van der Waals surface area (Å²) in [5.41, 5.74) is 9.87. The van der Waals surface area contributed by atoms with E-state index >= 15 is 0 Å². The molecule has 0 aliphatic carbocycles. The molecule has 0 aromatic heterocycles. The molecule has 0 unspecified atom stereocenters. The Morgan fingerprint density at radius 3 is 2.30 bits per heavy atom. The van der Waals surface area contributed by atoms with Gasteiger partial charge in [0.25, 0.3) is 0 Å². The van der Waals surface area contributed by atoms with Crippen molar-refractivity contribution in [3.63, 3.8) is 0 Å². The lowest BCUT2D eigenvalue weighted by molar-refractivity contribution is 0.717. The van der Waals surface area contributed by atoms with Crippen molar-refractivity contribution in [1.29, 1.82) is 0 Å². The molecule has 2 N–H and O–H groups in total. The lowest BCUT2D eigenvalue weighted by atomic mass is 10.1. The molecule has 2 aromatic rings. The van der Waals surface area contributed by atoms with Gasteiger partial charge in [0, 0.05) is 11.9 Å². The van der Waals surface area contributed by atoms with Crippen LogP contribution in [0.1, 0.15) is 37.3 Å². The molecular weight excluding hydrogens is 244 g/mol. The maximum Gasteiger partial charge on any atom is 0.0631 e. The third kappa shape index (κ3) is 4.54. The SMILES string of the molecule is CCCCCc1ccc(C=Nc2ccc(N)cc2)cc1. The molecule has 0 bridgehead atoms. The number of nitrogen functional groups attached to an aromatic ring is 1. The number of rotatable bonds is 6. The fourth-order valence-electron chi connectivity index (χ4n) is 2.06. The van der Waals surface area contributed by atoms with E-state index in [0.29, 0.717) is 0 Å². The average Bonchev–Trinajstić information content (AvgIpc) is 2.48. The quantitative estimate of drug-likeness (QED) is 0.457. The van der Waals surface area contributed by atoms with Gasteiger partial charge in [-0.1, -0.05) is 44.0 Å². The van der Waals surface area contributed by atoms with Crippen LogP contribution in [0.25, 0.3) is 0 Å². The smallest absolute Gasteiger partial charge is 0.0631 e. The molecule has 2 rings (SSSR count). The Bertz CT molecular complexity index is 539. The Morgan fingerprint density at radius 1 is 0.950 bits per heavy atom. The largest absolute Gasteiger partial charge is 0.399 e. The number of anilines is 1. The zero-order valence-electron chi connectivity index (χ0n) is 12.0. The van der Waals surface area contributed by atoms with E-state index in [0.717, 1.165) is 16.9 Å².